The number of amides is 1. The summed E-state index contributed by atoms with van der Waals surface area (Å²) in [5.74, 6) is -1.10. The molecule has 0 spiro atoms. The summed E-state index contributed by atoms with van der Waals surface area (Å²) in [6, 6.07) is 4.07. The molecule has 0 aliphatic carbocycles. The number of ketones is 1. The summed E-state index contributed by atoms with van der Waals surface area (Å²) in [5.41, 5.74) is -0.660. The van der Waals surface area contributed by atoms with Gasteiger partial charge in [-0.3, -0.25) is 15.0 Å². The van der Waals surface area contributed by atoms with Crippen LogP contribution in [0.1, 0.15) is 69.0 Å². The number of carbonyl (C=O) groups excluding carboxylic acids is 2. The molecule has 4 rings (SSSR count). The highest BCUT2D eigenvalue weighted by molar-refractivity contribution is 7.15. The molecule has 206 valence electrons. The zero-order valence-corrected chi connectivity index (χ0v) is 24.1. The van der Waals surface area contributed by atoms with Crippen LogP contribution in [0.2, 0.25) is 5.02 Å². The zero-order valence-electron chi connectivity index (χ0n) is 22.5. The van der Waals surface area contributed by atoms with Gasteiger partial charge in [0, 0.05) is 22.6 Å². The number of ether oxygens (including phenoxy) is 1. The first-order valence-corrected chi connectivity index (χ1v) is 13.9. The molecule has 2 aliphatic heterocycles. The van der Waals surface area contributed by atoms with Crippen molar-refractivity contribution in [1.82, 2.24) is 15.2 Å². The quantitative estimate of drug-likeness (QED) is 0.316. The molecule has 3 heterocycles. The van der Waals surface area contributed by atoms with Crippen LogP contribution in [-0.2, 0) is 20.9 Å². The summed E-state index contributed by atoms with van der Waals surface area (Å²) >= 11 is 7.89. The third kappa shape index (κ3) is 5.01. The largest absolute Gasteiger partial charge is 0.467 e. The van der Waals surface area contributed by atoms with E-state index in [0.29, 0.717) is 16.1 Å². The lowest BCUT2D eigenvalue weighted by molar-refractivity contribution is -0.153. The van der Waals surface area contributed by atoms with Crippen LogP contribution in [0.5, 0.6) is 0 Å². The molecule has 1 aromatic carbocycles. The number of nitrogens with one attached hydrogen (secondary N) is 2. The van der Waals surface area contributed by atoms with Crippen LogP contribution in [0.15, 0.2) is 24.4 Å². The van der Waals surface area contributed by atoms with Gasteiger partial charge in [-0.15, -0.1) is 11.3 Å². The molecular formula is C27H35ClN4O5S. The number of methoxy groups -OCH3 is 1. The lowest BCUT2D eigenvalue weighted by Gasteiger charge is -2.36. The van der Waals surface area contributed by atoms with E-state index in [4.69, 9.17) is 16.3 Å². The Bertz CT molecular complexity index is 1240. The maximum absolute atomic E-state index is 14.3. The van der Waals surface area contributed by atoms with Gasteiger partial charge in [0.2, 0.25) is 0 Å². The number of benzene rings is 1. The van der Waals surface area contributed by atoms with Crippen molar-refractivity contribution in [3.05, 3.63) is 45.4 Å². The molecule has 1 aromatic heterocycles. The third-order valence-corrected chi connectivity index (χ3v) is 9.09. The first-order valence-electron chi connectivity index (χ1n) is 12.7. The van der Waals surface area contributed by atoms with Crippen LogP contribution < -0.4 is 10.6 Å². The van der Waals surface area contributed by atoms with Crippen molar-refractivity contribution in [1.29, 1.82) is 0 Å². The Labute approximate surface area is 231 Å². The maximum atomic E-state index is 14.3. The number of hydrogen-bond donors (Lipinski definition) is 3. The molecule has 0 radical (unpaired) electrons. The highest BCUT2D eigenvalue weighted by Crippen LogP contribution is 2.46. The molecule has 9 nitrogen and oxygen atoms in total. The number of carbonyl (C=O) groups is 3. The van der Waals surface area contributed by atoms with Crippen LogP contribution in [0.25, 0.3) is 0 Å². The predicted molar refractivity (Wildman–Crippen MR) is 147 cm³/mol. The molecule has 0 saturated carbocycles. The molecule has 1 saturated heterocycles. The Balaban J connectivity index is 1.69. The number of thiazole rings is 1. The van der Waals surface area contributed by atoms with Gasteiger partial charge in [-0.1, -0.05) is 58.4 Å². The normalized spacial score (nSPS) is 23.8. The fourth-order valence-electron chi connectivity index (χ4n) is 5.50. The van der Waals surface area contributed by atoms with E-state index in [1.54, 1.807) is 18.3 Å². The van der Waals surface area contributed by atoms with Crippen LogP contribution in [0.3, 0.4) is 0 Å². The summed E-state index contributed by atoms with van der Waals surface area (Å²) in [5, 5.41) is 17.6. The van der Waals surface area contributed by atoms with Gasteiger partial charge in [0.25, 0.3) is 0 Å². The highest BCUT2D eigenvalue weighted by atomic mass is 35.5. The molecule has 2 aromatic rings. The van der Waals surface area contributed by atoms with Gasteiger partial charge in [-0.05, 0) is 40.9 Å². The first-order chi connectivity index (χ1) is 17.8. The fraction of sp³-hybridized carbons (Fsp3) is 0.556. The van der Waals surface area contributed by atoms with Crippen LogP contribution in [0.4, 0.5) is 9.93 Å². The van der Waals surface area contributed by atoms with Crippen molar-refractivity contribution in [3.63, 3.8) is 0 Å². The van der Waals surface area contributed by atoms with E-state index in [1.807, 2.05) is 26.8 Å². The second-order valence-electron chi connectivity index (χ2n) is 11.4. The van der Waals surface area contributed by atoms with Gasteiger partial charge in [0.1, 0.15) is 0 Å². The molecule has 38 heavy (non-hydrogen) atoms. The van der Waals surface area contributed by atoms with Crippen LogP contribution in [0, 0.1) is 11.3 Å². The Morgan fingerprint density at radius 2 is 2.03 bits per heavy atom. The monoisotopic (exact) mass is 562 g/mol. The Morgan fingerprint density at radius 1 is 1.32 bits per heavy atom. The zero-order chi connectivity index (χ0) is 28.0. The number of rotatable bonds is 7. The molecule has 1 amide bonds. The Kier molecular flexibility index (Phi) is 7.80. The molecule has 2 aliphatic rings. The molecule has 4 atom stereocenters. The average molecular weight is 563 g/mol. The van der Waals surface area contributed by atoms with Crippen molar-refractivity contribution in [3.8, 4) is 0 Å². The number of hydrogen-bond acceptors (Lipinski definition) is 8. The summed E-state index contributed by atoms with van der Waals surface area (Å²) in [4.78, 5) is 46.8. The number of fused-ring (bicyclic) bond motifs is 1. The minimum Gasteiger partial charge on any atom is -0.467 e. The lowest BCUT2D eigenvalue weighted by Crippen LogP contribution is -2.62. The number of carboxylic acid groups (broad SMARTS) is 1. The van der Waals surface area contributed by atoms with Crippen molar-refractivity contribution < 1.29 is 24.2 Å². The van der Waals surface area contributed by atoms with E-state index in [2.05, 4.69) is 29.5 Å². The molecule has 11 heteroatoms. The molecule has 1 fully saturated rings. The predicted octanol–water partition coefficient (Wildman–Crippen LogP) is 5.07. The second kappa shape index (κ2) is 10.5. The number of nitrogens with zero attached hydrogens (tertiary/aromatic N) is 2. The maximum Gasteiger partial charge on any atom is 0.408 e. The van der Waals surface area contributed by atoms with Crippen LogP contribution in [-0.4, -0.2) is 58.1 Å². The minimum absolute atomic E-state index is 0.0856. The number of aromatic nitrogens is 1. The van der Waals surface area contributed by atoms with Crippen molar-refractivity contribution in [2.75, 3.05) is 19.0 Å². The third-order valence-electron chi connectivity index (χ3n) is 7.51. The van der Waals surface area contributed by atoms with E-state index in [1.165, 1.54) is 23.3 Å². The van der Waals surface area contributed by atoms with Gasteiger partial charge < -0.3 is 15.2 Å². The van der Waals surface area contributed by atoms with Gasteiger partial charge in [0.15, 0.2) is 16.5 Å². The van der Waals surface area contributed by atoms with Gasteiger partial charge in [-0.25, -0.2) is 14.6 Å². The Morgan fingerprint density at radius 3 is 2.61 bits per heavy atom. The van der Waals surface area contributed by atoms with Gasteiger partial charge >= 0.3 is 12.1 Å². The number of Topliss-reactive ketones (excluding diaryl/α,β-unsaturated/α-hetero) is 1. The van der Waals surface area contributed by atoms with E-state index in [0.717, 1.165) is 16.0 Å². The van der Waals surface area contributed by atoms with Crippen molar-refractivity contribution in [2.45, 2.75) is 71.1 Å². The van der Waals surface area contributed by atoms with E-state index >= 15 is 0 Å². The topological polar surface area (TPSA) is 121 Å². The summed E-state index contributed by atoms with van der Waals surface area (Å²) in [6.07, 6.45) is 0.802. The fourth-order valence-corrected chi connectivity index (χ4v) is 6.59. The second-order valence-corrected chi connectivity index (χ2v) is 12.9. The number of esters is 1. The summed E-state index contributed by atoms with van der Waals surface area (Å²) in [6.45, 7) is 10.3. The smallest absolute Gasteiger partial charge is 0.408 e. The molecule has 2 unspecified atom stereocenters. The summed E-state index contributed by atoms with van der Waals surface area (Å²) < 4.78 is 5.17. The van der Waals surface area contributed by atoms with Crippen molar-refractivity contribution >= 4 is 45.9 Å². The van der Waals surface area contributed by atoms with Gasteiger partial charge in [-0.2, -0.15) is 0 Å². The molecule has 3 N–H and O–H groups in total. The average Bonchev–Trinajstić information content (AvgIpc) is 3.58. The lowest BCUT2D eigenvalue weighted by atomic mass is 9.75. The minimum atomic E-state index is -1.64. The SMILES string of the molecule is COC(=O)[C@@]1(C(=O)C(Nc2ncc(C(C)C)s2)C(C)(C)C)C[C@@H](C2c3cccc(Cl)c3CN2C(=O)O)CN1. The number of halogens is 1. The standard InChI is InChI=1S/C27H35ClN4O5S/c1-14(2)19-12-29-24(38-19)31-21(26(3,4)5)22(33)27(23(34)37-6)10-15(11-30-27)20-16-8-7-9-18(28)17(16)13-32(20)25(35)36/h7-9,12,14-15,20-21,30H,10-11,13H2,1-6H3,(H,29,31)(H,35,36)/t15-,20?,21?,27+/m1/s1. The Hall–Kier alpha value is -2.69. The van der Waals surface area contributed by atoms with Gasteiger partial charge in [0.05, 0.1) is 25.7 Å². The molecule has 0 bridgehead atoms. The van der Waals surface area contributed by atoms with Crippen molar-refractivity contribution in [2.24, 2.45) is 11.3 Å². The summed E-state index contributed by atoms with van der Waals surface area (Å²) in [7, 11) is 1.26. The van der Waals surface area contributed by atoms with E-state index < -0.39 is 35.1 Å². The first kappa shape index (κ1) is 28.3. The van der Waals surface area contributed by atoms with Crippen LogP contribution >= 0.6 is 22.9 Å². The highest BCUT2D eigenvalue weighted by Gasteiger charge is 2.58. The molecular weight excluding hydrogens is 528 g/mol. The van der Waals surface area contributed by atoms with E-state index in [-0.39, 0.29) is 31.2 Å². The van der Waals surface area contributed by atoms with E-state index in [9.17, 15) is 19.5 Å². The number of anilines is 1.